The van der Waals surface area contributed by atoms with Crippen molar-refractivity contribution in [3.63, 3.8) is 0 Å². The van der Waals surface area contributed by atoms with Crippen molar-refractivity contribution in [2.45, 2.75) is 20.0 Å². The SMILES string of the molecule is Cc1cccc(OCCn2c(CNC(=O)/C=C\c3ccccc3)nc3ccccc32)c1. The number of aromatic nitrogens is 2. The van der Waals surface area contributed by atoms with Crippen molar-refractivity contribution >= 4 is 23.0 Å². The van der Waals surface area contributed by atoms with Gasteiger partial charge in [0.05, 0.1) is 24.1 Å². The van der Waals surface area contributed by atoms with E-state index in [0.717, 1.165) is 33.7 Å². The van der Waals surface area contributed by atoms with E-state index in [2.05, 4.69) is 9.88 Å². The number of nitrogens with zero attached hydrogens (tertiary/aromatic N) is 2. The number of aryl methyl sites for hydroxylation is 1. The van der Waals surface area contributed by atoms with Gasteiger partial charge in [0.1, 0.15) is 18.2 Å². The number of rotatable bonds is 8. The molecule has 0 saturated heterocycles. The Labute approximate surface area is 182 Å². The Morgan fingerprint density at radius 2 is 1.84 bits per heavy atom. The summed E-state index contributed by atoms with van der Waals surface area (Å²) < 4.78 is 8.03. The molecule has 0 aliphatic carbocycles. The third-order valence-electron chi connectivity index (χ3n) is 4.95. The van der Waals surface area contributed by atoms with E-state index in [1.54, 1.807) is 12.2 Å². The van der Waals surface area contributed by atoms with Crippen LogP contribution in [0.15, 0.2) is 84.9 Å². The van der Waals surface area contributed by atoms with Crippen molar-refractivity contribution in [2.24, 2.45) is 0 Å². The van der Waals surface area contributed by atoms with E-state index in [1.807, 2.05) is 85.8 Å². The van der Waals surface area contributed by atoms with Crippen molar-refractivity contribution in [3.05, 3.63) is 102 Å². The number of ether oxygens (including phenoxy) is 1. The third-order valence-corrected chi connectivity index (χ3v) is 4.95. The minimum atomic E-state index is -0.154. The van der Waals surface area contributed by atoms with E-state index in [0.29, 0.717) is 19.7 Å². The molecule has 1 heterocycles. The summed E-state index contributed by atoms with van der Waals surface area (Å²) >= 11 is 0. The summed E-state index contributed by atoms with van der Waals surface area (Å²) in [7, 11) is 0. The van der Waals surface area contributed by atoms with Crippen molar-refractivity contribution in [1.29, 1.82) is 0 Å². The van der Waals surface area contributed by atoms with Gasteiger partial charge in [-0.2, -0.15) is 0 Å². The first-order chi connectivity index (χ1) is 15.2. The Morgan fingerprint density at radius 3 is 2.68 bits per heavy atom. The minimum Gasteiger partial charge on any atom is -0.492 e. The molecule has 5 nitrogen and oxygen atoms in total. The minimum absolute atomic E-state index is 0.154. The Bertz CT molecular complexity index is 1200. The molecule has 5 heteroatoms. The predicted molar refractivity (Wildman–Crippen MR) is 124 cm³/mol. The van der Waals surface area contributed by atoms with Crippen LogP contribution in [0.2, 0.25) is 0 Å². The summed E-state index contributed by atoms with van der Waals surface area (Å²) in [5.74, 6) is 1.50. The summed E-state index contributed by atoms with van der Waals surface area (Å²) in [4.78, 5) is 17.0. The van der Waals surface area contributed by atoms with Gasteiger partial charge in [0, 0.05) is 6.08 Å². The molecule has 1 amide bonds. The zero-order valence-corrected chi connectivity index (χ0v) is 17.5. The highest BCUT2D eigenvalue weighted by Crippen LogP contribution is 2.17. The number of para-hydroxylation sites is 2. The maximum absolute atomic E-state index is 12.3. The van der Waals surface area contributed by atoms with Crippen LogP contribution in [0.25, 0.3) is 17.1 Å². The lowest BCUT2D eigenvalue weighted by Crippen LogP contribution is -2.23. The van der Waals surface area contributed by atoms with Crippen LogP contribution in [0, 0.1) is 6.92 Å². The zero-order valence-electron chi connectivity index (χ0n) is 17.5. The van der Waals surface area contributed by atoms with Gasteiger partial charge in [-0.15, -0.1) is 0 Å². The molecule has 0 aliphatic heterocycles. The Balaban J connectivity index is 1.43. The van der Waals surface area contributed by atoms with Crippen LogP contribution in [-0.4, -0.2) is 22.1 Å². The van der Waals surface area contributed by atoms with Gasteiger partial charge < -0.3 is 14.6 Å². The van der Waals surface area contributed by atoms with Crippen molar-refractivity contribution in [3.8, 4) is 5.75 Å². The van der Waals surface area contributed by atoms with E-state index in [-0.39, 0.29) is 5.91 Å². The largest absolute Gasteiger partial charge is 0.492 e. The van der Waals surface area contributed by atoms with Gasteiger partial charge in [0.25, 0.3) is 0 Å². The number of amides is 1. The molecular formula is C26H25N3O2. The summed E-state index contributed by atoms with van der Waals surface area (Å²) in [6.07, 6.45) is 3.34. The smallest absolute Gasteiger partial charge is 0.244 e. The second kappa shape index (κ2) is 9.76. The molecule has 0 saturated carbocycles. The monoisotopic (exact) mass is 411 g/mol. The number of hydrogen-bond donors (Lipinski definition) is 1. The van der Waals surface area contributed by atoms with E-state index in [9.17, 15) is 4.79 Å². The van der Waals surface area contributed by atoms with Crippen LogP contribution in [0.1, 0.15) is 17.0 Å². The van der Waals surface area contributed by atoms with Crippen molar-refractivity contribution < 1.29 is 9.53 Å². The Morgan fingerprint density at radius 1 is 1.03 bits per heavy atom. The molecule has 31 heavy (non-hydrogen) atoms. The van der Waals surface area contributed by atoms with Crippen LogP contribution < -0.4 is 10.1 Å². The normalized spacial score (nSPS) is 11.1. The van der Waals surface area contributed by atoms with Gasteiger partial charge in [-0.1, -0.05) is 54.6 Å². The Hall–Kier alpha value is -3.86. The first-order valence-corrected chi connectivity index (χ1v) is 10.3. The summed E-state index contributed by atoms with van der Waals surface area (Å²) in [5, 5.41) is 2.94. The second-order valence-electron chi connectivity index (χ2n) is 7.30. The first-order valence-electron chi connectivity index (χ1n) is 10.3. The lowest BCUT2D eigenvalue weighted by atomic mass is 10.2. The van der Waals surface area contributed by atoms with Gasteiger partial charge in [0.2, 0.25) is 5.91 Å². The zero-order chi connectivity index (χ0) is 21.5. The Kier molecular flexibility index (Phi) is 6.43. The number of fused-ring (bicyclic) bond motifs is 1. The van der Waals surface area contributed by atoms with E-state index < -0.39 is 0 Å². The highest BCUT2D eigenvalue weighted by atomic mass is 16.5. The van der Waals surface area contributed by atoms with Crippen LogP contribution in [0.5, 0.6) is 5.75 Å². The molecule has 0 spiro atoms. The van der Waals surface area contributed by atoms with Gasteiger partial charge in [-0.25, -0.2) is 4.98 Å². The van der Waals surface area contributed by atoms with Crippen molar-refractivity contribution in [1.82, 2.24) is 14.9 Å². The lowest BCUT2D eigenvalue weighted by Gasteiger charge is -2.11. The summed E-state index contributed by atoms with van der Waals surface area (Å²) in [5.41, 5.74) is 4.08. The molecule has 4 aromatic rings. The van der Waals surface area contributed by atoms with Gasteiger partial charge >= 0.3 is 0 Å². The van der Waals surface area contributed by atoms with Gasteiger partial charge in [-0.3, -0.25) is 4.79 Å². The molecule has 3 aromatic carbocycles. The lowest BCUT2D eigenvalue weighted by molar-refractivity contribution is -0.116. The summed E-state index contributed by atoms with van der Waals surface area (Å²) in [6, 6.07) is 25.7. The van der Waals surface area contributed by atoms with E-state index in [1.165, 1.54) is 0 Å². The highest BCUT2D eigenvalue weighted by Gasteiger charge is 2.11. The third kappa shape index (κ3) is 5.39. The van der Waals surface area contributed by atoms with E-state index in [4.69, 9.17) is 9.72 Å². The fourth-order valence-electron chi connectivity index (χ4n) is 3.43. The van der Waals surface area contributed by atoms with Crippen LogP contribution in [0.3, 0.4) is 0 Å². The molecule has 0 fully saturated rings. The number of nitrogens with one attached hydrogen (secondary N) is 1. The van der Waals surface area contributed by atoms with Crippen LogP contribution in [-0.2, 0) is 17.9 Å². The molecule has 4 rings (SSSR count). The number of carbonyl (C=O) groups excluding carboxylic acids is 1. The molecular weight excluding hydrogens is 386 g/mol. The van der Waals surface area contributed by atoms with Gasteiger partial charge in [0.15, 0.2) is 0 Å². The van der Waals surface area contributed by atoms with Crippen molar-refractivity contribution in [2.75, 3.05) is 6.61 Å². The molecule has 0 aliphatic rings. The number of imidazole rings is 1. The fourth-order valence-corrected chi connectivity index (χ4v) is 3.43. The number of benzene rings is 3. The van der Waals surface area contributed by atoms with Crippen LogP contribution in [0.4, 0.5) is 0 Å². The standard InChI is InChI=1S/C26H25N3O2/c1-20-8-7-11-22(18-20)31-17-16-29-24-13-6-5-12-23(24)28-25(29)19-27-26(30)15-14-21-9-3-2-4-10-21/h2-15,18H,16-17,19H2,1H3,(H,27,30)/b15-14-. The fraction of sp³-hybridized carbons (Fsp3) is 0.154. The van der Waals surface area contributed by atoms with Crippen LogP contribution >= 0.6 is 0 Å². The molecule has 0 bridgehead atoms. The molecule has 0 atom stereocenters. The maximum atomic E-state index is 12.3. The molecule has 1 aromatic heterocycles. The molecule has 0 unspecified atom stereocenters. The maximum Gasteiger partial charge on any atom is 0.244 e. The quantitative estimate of drug-likeness (QED) is 0.426. The van der Waals surface area contributed by atoms with E-state index >= 15 is 0 Å². The average molecular weight is 412 g/mol. The molecule has 1 N–H and O–H groups in total. The molecule has 156 valence electrons. The average Bonchev–Trinajstić information content (AvgIpc) is 3.15. The molecule has 0 radical (unpaired) electrons. The van der Waals surface area contributed by atoms with Gasteiger partial charge in [-0.05, 0) is 48.4 Å². The highest BCUT2D eigenvalue weighted by molar-refractivity contribution is 5.91. The first kappa shape index (κ1) is 20.4. The summed E-state index contributed by atoms with van der Waals surface area (Å²) in [6.45, 7) is 3.54. The number of carbonyl (C=O) groups is 1. The number of hydrogen-bond acceptors (Lipinski definition) is 3. The second-order valence-corrected chi connectivity index (χ2v) is 7.30. The topological polar surface area (TPSA) is 56.1 Å². The predicted octanol–water partition coefficient (Wildman–Crippen LogP) is 4.75.